The normalized spacial score (nSPS) is 22.5. The monoisotopic (exact) mass is 235 g/mol. The quantitative estimate of drug-likeness (QED) is 0.809. The summed E-state index contributed by atoms with van der Waals surface area (Å²) in [5.41, 5.74) is 1.09. The molecule has 4 heteroatoms. The molecule has 4 nitrogen and oxygen atoms in total. The summed E-state index contributed by atoms with van der Waals surface area (Å²) >= 11 is 0. The maximum absolute atomic E-state index is 11.7. The van der Waals surface area contributed by atoms with Crippen LogP contribution in [0.5, 0.6) is 5.75 Å². The molecule has 0 fully saturated rings. The van der Waals surface area contributed by atoms with E-state index in [1.807, 2.05) is 31.3 Å². The van der Waals surface area contributed by atoms with Crippen LogP contribution in [0.1, 0.15) is 24.9 Å². The van der Waals surface area contributed by atoms with Crippen molar-refractivity contribution in [2.75, 3.05) is 13.7 Å². The van der Waals surface area contributed by atoms with Gasteiger partial charge in [0, 0.05) is 18.0 Å². The molecule has 2 rings (SSSR count). The second-order valence-corrected chi connectivity index (χ2v) is 3.97. The molecule has 0 aliphatic carbocycles. The summed E-state index contributed by atoms with van der Waals surface area (Å²) in [6, 6.07) is 7.90. The Balaban J connectivity index is 2.21. The van der Waals surface area contributed by atoms with Crippen LogP contribution in [-0.2, 0) is 9.53 Å². The highest BCUT2D eigenvalue weighted by Crippen LogP contribution is 2.34. The van der Waals surface area contributed by atoms with Gasteiger partial charge in [0.1, 0.15) is 5.75 Å². The van der Waals surface area contributed by atoms with Crippen molar-refractivity contribution < 1.29 is 14.3 Å². The Labute approximate surface area is 101 Å². The fourth-order valence-electron chi connectivity index (χ4n) is 2.07. The minimum Gasteiger partial charge on any atom is -0.478 e. The Morgan fingerprint density at radius 3 is 3.00 bits per heavy atom. The minimum atomic E-state index is -0.512. The third-order valence-corrected chi connectivity index (χ3v) is 2.91. The molecule has 0 amide bonds. The highest BCUT2D eigenvalue weighted by Gasteiger charge is 2.32. The van der Waals surface area contributed by atoms with Crippen LogP contribution in [0.15, 0.2) is 24.3 Å². The number of rotatable bonds is 3. The molecule has 1 heterocycles. The number of ether oxygens (including phenoxy) is 2. The lowest BCUT2D eigenvalue weighted by atomic mass is 9.96. The van der Waals surface area contributed by atoms with Crippen molar-refractivity contribution in [3.05, 3.63) is 29.8 Å². The average Bonchev–Trinajstić information content (AvgIpc) is 2.37. The number of carbonyl (C=O) groups excluding carboxylic acids is 1. The molecule has 17 heavy (non-hydrogen) atoms. The number of benzene rings is 1. The first-order chi connectivity index (χ1) is 8.26. The van der Waals surface area contributed by atoms with Crippen LogP contribution in [0.2, 0.25) is 0 Å². The van der Waals surface area contributed by atoms with Crippen LogP contribution in [0.4, 0.5) is 0 Å². The Bertz CT molecular complexity index is 405. The van der Waals surface area contributed by atoms with Crippen LogP contribution < -0.4 is 10.1 Å². The molecule has 1 aliphatic rings. The van der Waals surface area contributed by atoms with Crippen molar-refractivity contribution >= 4 is 5.97 Å². The molecule has 0 bridgehead atoms. The smallest absolute Gasteiger partial charge is 0.347 e. The van der Waals surface area contributed by atoms with E-state index in [4.69, 9.17) is 9.47 Å². The summed E-state index contributed by atoms with van der Waals surface area (Å²) in [5.74, 6) is 0.471. The molecule has 0 saturated carbocycles. The molecule has 1 aliphatic heterocycles. The van der Waals surface area contributed by atoms with E-state index in [1.165, 1.54) is 0 Å². The van der Waals surface area contributed by atoms with E-state index in [1.54, 1.807) is 6.92 Å². The second-order valence-electron chi connectivity index (χ2n) is 3.97. The first kappa shape index (κ1) is 11.9. The largest absolute Gasteiger partial charge is 0.478 e. The van der Waals surface area contributed by atoms with Crippen LogP contribution in [-0.4, -0.2) is 25.7 Å². The number of carbonyl (C=O) groups is 1. The van der Waals surface area contributed by atoms with Gasteiger partial charge in [-0.2, -0.15) is 0 Å². The van der Waals surface area contributed by atoms with Gasteiger partial charge in [-0.3, -0.25) is 0 Å². The molecular weight excluding hydrogens is 218 g/mol. The van der Waals surface area contributed by atoms with Crippen molar-refractivity contribution in [3.63, 3.8) is 0 Å². The number of fused-ring (bicyclic) bond motifs is 1. The molecule has 1 N–H and O–H groups in total. The summed E-state index contributed by atoms with van der Waals surface area (Å²) in [5, 5.41) is 3.20. The Hall–Kier alpha value is -1.55. The van der Waals surface area contributed by atoms with Gasteiger partial charge in [0.15, 0.2) is 6.10 Å². The SMILES string of the molecule is CCOC(=O)C1CC(NC)c2ccccc2O1. The molecule has 0 radical (unpaired) electrons. The Kier molecular flexibility index (Phi) is 3.64. The van der Waals surface area contributed by atoms with Crippen molar-refractivity contribution in [1.82, 2.24) is 5.32 Å². The van der Waals surface area contributed by atoms with Gasteiger partial charge >= 0.3 is 5.97 Å². The van der Waals surface area contributed by atoms with E-state index < -0.39 is 6.10 Å². The fourth-order valence-corrected chi connectivity index (χ4v) is 2.07. The third-order valence-electron chi connectivity index (χ3n) is 2.91. The Morgan fingerprint density at radius 2 is 2.29 bits per heavy atom. The van der Waals surface area contributed by atoms with E-state index >= 15 is 0 Å². The van der Waals surface area contributed by atoms with Gasteiger partial charge in [-0.1, -0.05) is 18.2 Å². The molecule has 2 atom stereocenters. The molecule has 92 valence electrons. The zero-order chi connectivity index (χ0) is 12.3. The average molecular weight is 235 g/mol. The summed E-state index contributed by atoms with van der Waals surface area (Å²) in [7, 11) is 1.88. The van der Waals surface area contributed by atoms with E-state index in [0.29, 0.717) is 13.0 Å². The van der Waals surface area contributed by atoms with Gasteiger partial charge in [0.25, 0.3) is 0 Å². The number of nitrogens with one attached hydrogen (secondary N) is 1. The highest BCUT2D eigenvalue weighted by atomic mass is 16.6. The first-order valence-electron chi connectivity index (χ1n) is 5.85. The predicted molar refractivity (Wildman–Crippen MR) is 63.9 cm³/mol. The van der Waals surface area contributed by atoms with Gasteiger partial charge < -0.3 is 14.8 Å². The summed E-state index contributed by atoms with van der Waals surface area (Å²) in [4.78, 5) is 11.7. The molecule has 2 unspecified atom stereocenters. The molecule has 0 saturated heterocycles. The van der Waals surface area contributed by atoms with Crippen molar-refractivity contribution in [2.45, 2.75) is 25.5 Å². The molecule has 0 spiro atoms. The lowest BCUT2D eigenvalue weighted by molar-refractivity contribution is -0.152. The van der Waals surface area contributed by atoms with E-state index in [0.717, 1.165) is 11.3 Å². The standard InChI is InChI=1S/C13H17NO3/c1-3-16-13(15)12-8-10(14-2)9-6-4-5-7-11(9)17-12/h4-7,10,12,14H,3,8H2,1-2H3. The van der Waals surface area contributed by atoms with Crippen LogP contribution >= 0.6 is 0 Å². The minimum absolute atomic E-state index is 0.134. The number of hydrogen-bond donors (Lipinski definition) is 1. The van der Waals surface area contributed by atoms with Gasteiger partial charge in [-0.25, -0.2) is 4.79 Å². The lowest BCUT2D eigenvalue weighted by Crippen LogP contribution is -2.37. The van der Waals surface area contributed by atoms with Crippen LogP contribution in [0.25, 0.3) is 0 Å². The van der Waals surface area contributed by atoms with E-state index in [2.05, 4.69) is 5.32 Å². The van der Waals surface area contributed by atoms with Crippen LogP contribution in [0, 0.1) is 0 Å². The van der Waals surface area contributed by atoms with E-state index in [-0.39, 0.29) is 12.0 Å². The maximum atomic E-state index is 11.7. The van der Waals surface area contributed by atoms with Crippen molar-refractivity contribution in [2.24, 2.45) is 0 Å². The topological polar surface area (TPSA) is 47.6 Å². The summed E-state index contributed by atoms with van der Waals surface area (Å²) in [6.07, 6.45) is 0.0918. The number of esters is 1. The summed E-state index contributed by atoms with van der Waals surface area (Å²) < 4.78 is 10.7. The number of para-hydroxylation sites is 1. The first-order valence-corrected chi connectivity index (χ1v) is 5.85. The zero-order valence-electron chi connectivity index (χ0n) is 10.1. The van der Waals surface area contributed by atoms with E-state index in [9.17, 15) is 4.79 Å². The maximum Gasteiger partial charge on any atom is 0.347 e. The molecule has 0 aromatic heterocycles. The van der Waals surface area contributed by atoms with Crippen molar-refractivity contribution in [3.8, 4) is 5.75 Å². The Morgan fingerprint density at radius 1 is 1.53 bits per heavy atom. The zero-order valence-corrected chi connectivity index (χ0v) is 10.1. The predicted octanol–water partition coefficient (Wildman–Crippen LogP) is 1.66. The second kappa shape index (κ2) is 5.19. The van der Waals surface area contributed by atoms with Gasteiger partial charge in [0.05, 0.1) is 6.61 Å². The summed E-state index contributed by atoms with van der Waals surface area (Å²) in [6.45, 7) is 2.18. The van der Waals surface area contributed by atoms with Gasteiger partial charge in [0.2, 0.25) is 0 Å². The molecular formula is C13H17NO3. The van der Waals surface area contributed by atoms with Gasteiger partial charge in [-0.05, 0) is 20.0 Å². The molecule has 1 aromatic carbocycles. The highest BCUT2D eigenvalue weighted by molar-refractivity contribution is 5.75. The number of hydrogen-bond acceptors (Lipinski definition) is 4. The molecule has 1 aromatic rings. The lowest BCUT2D eigenvalue weighted by Gasteiger charge is -2.30. The third kappa shape index (κ3) is 2.42. The van der Waals surface area contributed by atoms with Crippen molar-refractivity contribution in [1.29, 1.82) is 0 Å². The van der Waals surface area contributed by atoms with Gasteiger partial charge in [-0.15, -0.1) is 0 Å². The fraction of sp³-hybridized carbons (Fsp3) is 0.462. The van der Waals surface area contributed by atoms with Crippen LogP contribution in [0.3, 0.4) is 0 Å².